The third-order valence-corrected chi connectivity index (χ3v) is 6.26. The number of nitrogens with one attached hydrogen (secondary N) is 2. The zero-order chi connectivity index (χ0) is 21.0. The number of carbonyl (C=O) groups is 1. The van der Waals surface area contributed by atoms with Crippen molar-refractivity contribution in [3.05, 3.63) is 71.9 Å². The number of carbonyl (C=O) groups excluding carboxylic acids is 1. The lowest BCUT2D eigenvalue weighted by Gasteiger charge is -2.31. The van der Waals surface area contributed by atoms with E-state index in [1.807, 2.05) is 22.4 Å². The quantitative estimate of drug-likeness (QED) is 0.453. The van der Waals surface area contributed by atoms with E-state index in [1.54, 1.807) is 42.2 Å². The van der Waals surface area contributed by atoms with Gasteiger partial charge in [-0.3, -0.25) is 4.79 Å². The molecule has 0 spiro atoms. The molecule has 31 heavy (non-hydrogen) atoms. The molecule has 0 radical (unpaired) electrons. The second kappa shape index (κ2) is 8.69. The van der Waals surface area contributed by atoms with Gasteiger partial charge in [0, 0.05) is 47.7 Å². The van der Waals surface area contributed by atoms with E-state index in [-0.39, 0.29) is 5.91 Å². The molecular weight excluding hydrogens is 408 g/mol. The molecule has 2 N–H and O–H groups in total. The van der Waals surface area contributed by atoms with Crippen molar-refractivity contribution in [1.82, 2.24) is 24.8 Å². The molecule has 1 aliphatic rings. The van der Waals surface area contributed by atoms with E-state index in [2.05, 4.69) is 38.5 Å². The zero-order valence-corrected chi connectivity index (χ0v) is 17.7. The molecule has 4 heterocycles. The molecular formula is C23H22N6OS. The number of hydrogen-bond donors (Lipinski definition) is 2. The Balaban J connectivity index is 1.32. The fraction of sp³-hybridized carbons (Fsp3) is 0.217. The lowest BCUT2D eigenvalue weighted by Crippen LogP contribution is -2.37. The maximum absolute atomic E-state index is 12.5. The minimum atomic E-state index is 0.0330. The number of piperidine rings is 1. The number of nitrogens with zero attached hydrogens (tertiary/aromatic N) is 4. The number of fused-ring (bicyclic) bond motifs is 1. The zero-order valence-electron chi connectivity index (χ0n) is 16.9. The normalized spacial score (nSPS) is 15.0. The highest BCUT2D eigenvalue weighted by atomic mass is 32.1. The first-order valence-corrected chi connectivity index (χ1v) is 11.2. The van der Waals surface area contributed by atoms with E-state index in [1.165, 1.54) is 0 Å². The number of hydrogen-bond acceptors (Lipinski definition) is 6. The fourth-order valence-corrected chi connectivity index (χ4v) is 4.46. The van der Waals surface area contributed by atoms with Gasteiger partial charge in [-0.25, -0.2) is 15.0 Å². The van der Waals surface area contributed by atoms with Gasteiger partial charge in [-0.1, -0.05) is 24.3 Å². The van der Waals surface area contributed by atoms with Crippen LogP contribution < -0.4 is 5.32 Å². The number of benzene rings is 1. The highest BCUT2D eigenvalue weighted by Gasteiger charge is 2.24. The van der Waals surface area contributed by atoms with Gasteiger partial charge in [0.25, 0.3) is 0 Å². The Morgan fingerprint density at radius 2 is 2.13 bits per heavy atom. The molecule has 3 aromatic heterocycles. The van der Waals surface area contributed by atoms with Crippen LogP contribution in [0.1, 0.15) is 30.1 Å². The Labute approximate surface area is 183 Å². The van der Waals surface area contributed by atoms with E-state index in [0.717, 1.165) is 59.0 Å². The molecule has 156 valence electrons. The van der Waals surface area contributed by atoms with E-state index >= 15 is 0 Å². The van der Waals surface area contributed by atoms with Crippen molar-refractivity contribution in [2.75, 3.05) is 18.4 Å². The third kappa shape index (κ3) is 4.34. The Morgan fingerprint density at radius 3 is 2.90 bits per heavy atom. The number of H-pyrrole nitrogens is 1. The van der Waals surface area contributed by atoms with Crippen molar-refractivity contribution in [3.8, 4) is 0 Å². The second-order valence-electron chi connectivity index (χ2n) is 7.52. The van der Waals surface area contributed by atoms with Crippen LogP contribution in [0.4, 0.5) is 10.9 Å². The number of anilines is 2. The van der Waals surface area contributed by atoms with Crippen molar-refractivity contribution < 1.29 is 4.79 Å². The number of amides is 1. The lowest BCUT2D eigenvalue weighted by atomic mass is 9.92. The molecule has 1 aliphatic heterocycles. The van der Waals surface area contributed by atoms with E-state index in [4.69, 9.17) is 4.98 Å². The Hall–Kier alpha value is -3.52. The monoisotopic (exact) mass is 430 g/mol. The Bertz CT molecular complexity index is 1190. The summed E-state index contributed by atoms with van der Waals surface area (Å²) in [5, 5.41) is 8.40. The van der Waals surface area contributed by atoms with Gasteiger partial charge in [0.1, 0.15) is 5.82 Å². The number of likely N-dealkylation sites (tertiary alicyclic amines) is 1. The van der Waals surface area contributed by atoms with Crippen LogP contribution in [0.15, 0.2) is 60.5 Å². The van der Waals surface area contributed by atoms with Crippen LogP contribution >= 0.6 is 11.3 Å². The average Bonchev–Trinajstić information content (AvgIpc) is 3.52. The SMILES string of the molecule is O=C(/C=C/c1cnc[nH]1)N1CCC(c2cc3ccccc3c(Nc3nccs3)n2)CC1. The van der Waals surface area contributed by atoms with Crippen molar-refractivity contribution >= 4 is 45.0 Å². The molecule has 0 aliphatic carbocycles. The van der Waals surface area contributed by atoms with Crippen LogP contribution in [0.3, 0.4) is 0 Å². The predicted molar refractivity (Wildman–Crippen MR) is 123 cm³/mol. The number of aromatic nitrogens is 4. The van der Waals surface area contributed by atoms with E-state index in [9.17, 15) is 4.79 Å². The first kappa shape index (κ1) is 19.4. The summed E-state index contributed by atoms with van der Waals surface area (Å²) in [4.78, 5) is 30.7. The van der Waals surface area contributed by atoms with Crippen molar-refractivity contribution in [3.63, 3.8) is 0 Å². The van der Waals surface area contributed by atoms with Gasteiger partial charge in [-0.2, -0.15) is 0 Å². The van der Waals surface area contributed by atoms with Crippen molar-refractivity contribution in [1.29, 1.82) is 0 Å². The average molecular weight is 431 g/mol. The minimum absolute atomic E-state index is 0.0330. The third-order valence-electron chi connectivity index (χ3n) is 5.57. The molecule has 1 amide bonds. The molecule has 0 atom stereocenters. The minimum Gasteiger partial charge on any atom is -0.345 e. The summed E-state index contributed by atoms with van der Waals surface area (Å²) in [7, 11) is 0. The first-order valence-electron chi connectivity index (χ1n) is 10.3. The van der Waals surface area contributed by atoms with Crippen LogP contribution in [0.5, 0.6) is 0 Å². The van der Waals surface area contributed by atoms with E-state index < -0.39 is 0 Å². The summed E-state index contributed by atoms with van der Waals surface area (Å²) in [6.45, 7) is 1.45. The lowest BCUT2D eigenvalue weighted by molar-refractivity contribution is -0.126. The highest BCUT2D eigenvalue weighted by molar-refractivity contribution is 7.13. The van der Waals surface area contributed by atoms with Crippen LogP contribution in [0, 0.1) is 0 Å². The predicted octanol–water partition coefficient (Wildman–Crippen LogP) is 4.58. The summed E-state index contributed by atoms with van der Waals surface area (Å²) < 4.78 is 0. The molecule has 1 aromatic carbocycles. The van der Waals surface area contributed by atoms with E-state index in [0.29, 0.717) is 5.92 Å². The molecule has 0 unspecified atom stereocenters. The fourth-order valence-electron chi connectivity index (χ4n) is 3.93. The maximum atomic E-state index is 12.5. The Kier molecular flexibility index (Phi) is 5.45. The number of imidazole rings is 1. The summed E-state index contributed by atoms with van der Waals surface area (Å²) in [5.41, 5.74) is 1.89. The molecule has 0 saturated carbocycles. The van der Waals surface area contributed by atoms with Gasteiger partial charge < -0.3 is 15.2 Å². The molecule has 8 heteroatoms. The molecule has 4 aromatic rings. The standard InChI is InChI=1S/C23H22N6OS/c30-21(6-5-18-14-24-15-26-18)29-10-7-16(8-11-29)20-13-17-3-1-2-4-19(17)22(27-20)28-23-25-9-12-31-23/h1-6,9,12-16H,7-8,10-11H2,(H,24,26)(H,25,27,28)/b6-5+. The van der Waals surface area contributed by atoms with Gasteiger partial charge in [-0.15, -0.1) is 11.3 Å². The molecule has 0 bridgehead atoms. The number of thiazole rings is 1. The van der Waals surface area contributed by atoms with Crippen LogP contribution in [-0.2, 0) is 4.79 Å². The number of rotatable bonds is 5. The van der Waals surface area contributed by atoms with Crippen LogP contribution in [0.2, 0.25) is 0 Å². The molecule has 7 nitrogen and oxygen atoms in total. The number of pyridine rings is 1. The first-order chi connectivity index (χ1) is 15.3. The van der Waals surface area contributed by atoms with Gasteiger partial charge in [0.05, 0.1) is 18.2 Å². The molecule has 1 fully saturated rings. The van der Waals surface area contributed by atoms with Gasteiger partial charge >= 0.3 is 0 Å². The van der Waals surface area contributed by atoms with Gasteiger partial charge in [0.15, 0.2) is 5.13 Å². The Morgan fingerprint density at radius 1 is 1.26 bits per heavy atom. The summed E-state index contributed by atoms with van der Waals surface area (Å²) in [6, 6.07) is 10.5. The molecule has 1 saturated heterocycles. The smallest absolute Gasteiger partial charge is 0.246 e. The summed E-state index contributed by atoms with van der Waals surface area (Å²) in [5.74, 6) is 1.19. The number of aromatic amines is 1. The largest absolute Gasteiger partial charge is 0.345 e. The van der Waals surface area contributed by atoms with Crippen LogP contribution in [0.25, 0.3) is 16.8 Å². The summed E-state index contributed by atoms with van der Waals surface area (Å²) in [6.07, 6.45) is 10.2. The summed E-state index contributed by atoms with van der Waals surface area (Å²) >= 11 is 1.56. The highest BCUT2D eigenvalue weighted by Crippen LogP contribution is 2.33. The van der Waals surface area contributed by atoms with Crippen molar-refractivity contribution in [2.24, 2.45) is 0 Å². The molecule has 5 rings (SSSR count). The van der Waals surface area contributed by atoms with Crippen molar-refractivity contribution in [2.45, 2.75) is 18.8 Å². The topological polar surface area (TPSA) is 86.8 Å². The van der Waals surface area contributed by atoms with Gasteiger partial charge in [-0.05, 0) is 30.4 Å². The maximum Gasteiger partial charge on any atom is 0.246 e. The van der Waals surface area contributed by atoms with Crippen LogP contribution in [-0.4, -0.2) is 43.8 Å². The van der Waals surface area contributed by atoms with Gasteiger partial charge in [0.2, 0.25) is 5.91 Å². The second-order valence-corrected chi connectivity index (χ2v) is 8.41.